The maximum atomic E-state index is 13.8. The molecule has 0 aromatic heterocycles. The van der Waals surface area contributed by atoms with Crippen molar-refractivity contribution in [2.75, 3.05) is 12.5 Å². The van der Waals surface area contributed by atoms with Crippen LogP contribution >= 0.6 is 11.8 Å². The first kappa shape index (κ1) is 30.1. The van der Waals surface area contributed by atoms with Gasteiger partial charge in [-0.05, 0) is 56.0 Å². The number of rotatable bonds is 11. The van der Waals surface area contributed by atoms with E-state index < -0.39 is 34.7 Å². The lowest BCUT2D eigenvalue weighted by atomic mass is 9.97. The average molecular weight is 576 g/mol. The van der Waals surface area contributed by atoms with Crippen molar-refractivity contribution in [3.8, 4) is 5.75 Å². The van der Waals surface area contributed by atoms with Crippen LogP contribution in [0.1, 0.15) is 30.5 Å². The summed E-state index contributed by atoms with van der Waals surface area (Å²) in [6, 6.07) is 24.3. The standard InChI is InChI=1S/C32H37N3O5S/c1-22-12-10-11-15-24(22)19-33-30(38)29-32(2,3)41-21-35(29)31(39)28(37)26(18-23-13-6-4-7-14-23)34-27(36)20-40-25-16-8-5-9-17-25/h4-17,26,28-29,37H,18-21H2,1-3H3,(H,33,38)(H,34,36)/t26-,28-,29+/m0/s1. The highest BCUT2D eigenvalue weighted by molar-refractivity contribution is 8.00. The Morgan fingerprint density at radius 2 is 1.63 bits per heavy atom. The van der Waals surface area contributed by atoms with Crippen molar-refractivity contribution < 1.29 is 24.2 Å². The molecule has 0 unspecified atom stereocenters. The normalized spacial score (nSPS) is 17.4. The molecule has 0 spiro atoms. The molecule has 3 N–H and O–H groups in total. The molecule has 0 bridgehead atoms. The predicted molar refractivity (Wildman–Crippen MR) is 160 cm³/mol. The number of amides is 3. The SMILES string of the molecule is Cc1ccccc1CNC(=O)[C@H]1N(C(=O)[C@@H](O)[C@H](Cc2ccccc2)NC(=O)COc2ccccc2)CSC1(C)C. The number of aliphatic hydroxyl groups excluding tert-OH is 1. The minimum absolute atomic E-state index is 0.222. The van der Waals surface area contributed by atoms with Crippen LogP contribution in [0.15, 0.2) is 84.9 Å². The van der Waals surface area contributed by atoms with E-state index in [4.69, 9.17) is 4.74 Å². The summed E-state index contributed by atoms with van der Waals surface area (Å²) in [5, 5.41) is 17.1. The Morgan fingerprint density at radius 1 is 1.00 bits per heavy atom. The predicted octanol–water partition coefficient (Wildman–Crippen LogP) is 3.46. The van der Waals surface area contributed by atoms with Crippen molar-refractivity contribution >= 4 is 29.5 Å². The Kier molecular flexibility index (Phi) is 10.1. The summed E-state index contributed by atoms with van der Waals surface area (Å²) in [5.41, 5.74) is 2.90. The van der Waals surface area contributed by atoms with Gasteiger partial charge in [0.25, 0.3) is 11.8 Å². The van der Waals surface area contributed by atoms with Crippen LogP contribution in [0.2, 0.25) is 0 Å². The molecule has 1 aliphatic rings. The third-order valence-corrected chi connectivity index (χ3v) is 8.56. The number of carbonyl (C=O) groups excluding carboxylic acids is 3. The van der Waals surface area contributed by atoms with Gasteiger partial charge in [-0.3, -0.25) is 14.4 Å². The van der Waals surface area contributed by atoms with E-state index in [9.17, 15) is 19.5 Å². The molecule has 3 aromatic rings. The number of nitrogens with zero attached hydrogens (tertiary/aromatic N) is 1. The number of carbonyl (C=O) groups is 3. The average Bonchev–Trinajstić information content (AvgIpc) is 3.30. The molecule has 1 fully saturated rings. The lowest BCUT2D eigenvalue weighted by molar-refractivity contribution is -0.148. The smallest absolute Gasteiger partial charge is 0.258 e. The van der Waals surface area contributed by atoms with Gasteiger partial charge in [-0.15, -0.1) is 11.8 Å². The Morgan fingerprint density at radius 3 is 2.32 bits per heavy atom. The number of aliphatic hydroxyl groups is 1. The van der Waals surface area contributed by atoms with Crippen LogP contribution < -0.4 is 15.4 Å². The monoisotopic (exact) mass is 575 g/mol. The van der Waals surface area contributed by atoms with Crippen LogP contribution in [0.3, 0.4) is 0 Å². The highest BCUT2D eigenvalue weighted by Gasteiger charge is 2.49. The summed E-state index contributed by atoms with van der Waals surface area (Å²) >= 11 is 1.48. The fourth-order valence-corrected chi connectivity index (χ4v) is 6.01. The topological polar surface area (TPSA) is 108 Å². The van der Waals surface area contributed by atoms with Gasteiger partial charge in [-0.1, -0.05) is 72.8 Å². The van der Waals surface area contributed by atoms with Gasteiger partial charge in [0.05, 0.1) is 11.9 Å². The second kappa shape index (κ2) is 13.7. The molecule has 9 heteroatoms. The molecule has 3 atom stereocenters. The number of para-hydroxylation sites is 1. The van der Waals surface area contributed by atoms with Crippen LogP contribution in [-0.2, 0) is 27.3 Å². The Labute approximate surface area is 245 Å². The molecule has 8 nitrogen and oxygen atoms in total. The maximum Gasteiger partial charge on any atom is 0.258 e. The minimum Gasteiger partial charge on any atom is -0.484 e. The van der Waals surface area contributed by atoms with Gasteiger partial charge in [0.1, 0.15) is 11.8 Å². The van der Waals surface area contributed by atoms with Crippen LogP contribution in [0.5, 0.6) is 5.75 Å². The van der Waals surface area contributed by atoms with Gasteiger partial charge >= 0.3 is 0 Å². The van der Waals surface area contributed by atoms with Gasteiger partial charge in [-0.25, -0.2) is 0 Å². The summed E-state index contributed by atoms with van der Waals surface area (Å²) in [5.74, 6) is -0.581. The van der Waals surface area contributed by atoms with E-state index in [0.717, 1.165) is 16.7 Å². The molecular formula is C32H37N3O5S. The molecule has 1 saturated heterocycles. The van der Waals surface area contributed by atoms with Gasteiger partial charge < -0.3 is 25.4 Å². The first-order valence-electron chi connectivity index (χ1n) is 13.6. The number of benzene rings is 3. The van der Waals surface area contributed by atoms with Gasteiger partial charge in [0.2, 0.25) is 5.91 Å². The van der Waals surface area contributed by atoms with Gasteiger partial charge in [-0.2, -0.15) is 0 Å². The molecule has 0 radical (unpaired) electrons. The Balaban J connectivity index is 1.48. The molecule has 41 heavy (non-hydrogen) atoms. The third kappa shape index (κ3) is 7.89. The summed E-state index contributed by atoms with van der Waals surface area (Å²) in [4.78, 5) is 41.5. The second-order valence-corrected chi connectivity index (χ2v) is 12.2. The Bertz CT molecular complexity index is 1340. The van der Waals surface area contributed by atoms with Gasteiger partial charge in [0, 0.05) is 11.3 Å². The minimum atomic E-state index is -1.57. The number of hydrogen-bond acceptors (Lipinski definition) is 6. The van der Waals surface area contributed by atoms with Crippen LogP contribution in [0.4, 0.5) is 0 Å². The third-order valence-electron chi connectivity index (χ3n) is 7.18. The van der Waals surface area contributed by atoms with E-state index in [1.165, 1.54) is 16.7 Å². The Hall–Kier alpha value is -3.82. The van der Waals surface area contributed by atoms with E-state index in [-0.39, 0.29) is 24.8 Å². The second-order valence-electron chi connectivity index (χ2n) is 10.6. The number of thioether (sulfide) groups is 1. The van der Waals surface area contributed by atoms with Crippen molar-refractivity contribution in [1.29, 1.82) is 0 Å². The lowest BCUT2D eigenvalue weighted by Gasteiger charge is -2.33. The van der Waals surface area contributed by atoms with E-state index in [1.54, 1.807) is 24.3 Å². The molecule has 1 aliphatic heterocycles. The maximum absolute atomic E-state index is 13.8. The van der Waals surface area contributed by atoms with Crippen molar-refractivity contribution in [2.45, 2.75) is 56.7 Å². The molecule has 4 rings (SSSR count). The largest absolute Gasteiger partial charge is 0.484 e. The number of nitrogens with one attached hydrogen (secondary N) is 2. The molecule has 1 heterocycles. The molecule has 0 aliphatic carbocycles. The van der Waals surface area contributed by atoms with E-state index in [0.29, 0.717) is 12.3 Å². The lowest BCUT2D eigenvalue weighted by Crippen LogP contribution is -2.59. The first-order chi connectivity index (χ1) is 19.7. The van der Waals surface area contributed by atoms with E-state index in [1.807, 2.05) is 81.4 Å². The molecule has 3 aromatic carbocycles. The highest BCUT2D eigenvalue weighted by Crippen LogP contribution is 2.40. The summed E-state index contributed by atoms with van der Waals surface area (Å²) in [6.45, 7) is 5.88. The van der Waals surface area contributed by atoms with Crippen molar-refractivity contribution in [1.82, 2.24) is 15.5 Å². The summed E-state index contributed by atoms with van der Waals surface area (Å²) in [7, 11) is 0. The molecular weight excluding hydrogens is 538 g/mol. The summed E-state index contributed by atoms with van der Waals surface area (Å²) in [6.07, 6.45) is -1.35. The number of aryl methyl sites for hydroxylation is 1. The first-order valence-corrected chi connectivity index (χ1v) is 14.6. The summed E-state index contributed by atoms with van der Waals surface area (Å²) < 4.78 is 4.98. The van der Waals surface area contributed by atoms with Gasteiger partial charge in [0.15, 0.2) is 12.7 Å². The fourth-order valence-electron chi connectivity index (χ4n) is 4.87. The number of hydrogen-bond donors (Lipinski definition) is 3. The zero-order valence-corrected chi connectivity index (χ0v) is 24.4. The van der Waals surface area contributed by atoms with Crippen LogP contribution in [0.25, 0.3) is 0 Å². The fraction of sp³-hybridized carbons (Fsp3) is 0.344. The van der Waals surface area contributed by atoms with E-state index in [2.05, 4.69) is 10.6 Å². The van der Waals surface area contributed by atoms with Crippen LogP contribution in [0, 0.1) is 6.92 Å². The molecule has 216 valence electrons. The zero-order valence-electron chi connectivity index (χ0n) is 23.6. The van der Waals surface area contributed by atoms with Crippen LogP contribution in [-0.4, -0.2) is 63.1 Å². The van der Waals surface area contributed by atoms with Crippen molar-refractivity contribution in [3.63, 3.8) is 0 Å². The quantitative estimate of drug-likeness (QED) is 0.323. The highest BCUT2D eigenvalue weighted by atomic mass is 32.2. The van der Waals surface area contributed by atoms with E-state index >= 15 is 0 Å². The zero-order chi connectivity index (χ0) is 29.4. The number of ether oxygens (including phenoxy) is 1. The molecule has 0 saturated carbocycles. The van der Waals surface area contributed by atoms with Crippen molar-refractivity contribution in [3.05, 3.63) is 102 Å². The van der Waals surface area contributed by atoms with Crippen molar-refractivity contribution in [2.24, 2.45) is 0 Å². The molecule has 3 amide bonds.